The summed E-state index contributed by atoms with van der Waals surface area (Å²) in [6.07, 6.45) is 1.60. The number of amides is 2. The van der Waals surface area contributed by atoms with Crippen LogP contribution < -0.4 is 10.2 Å². The van der Waals surface area contributed by atoms with E-state index < -0.39 is 6.04 Å². The van der Waals surface area contributed by atoms with Crippen LogP contribution in [0.5, 0.6) is 0 Å². The first kappa shape index (κ1) is 21.4. The maximum atomic E-state index is 12.9. The number of anilines is 1. The lowest BCUT2D eigenvalue weighted by molar-refractivity contribution is -0.129. The van der Waals surface area contributed by atoms with Crippen LogP contribution in [0.25, 0.3) is 10.9 Å². The highest BCUT2D eigenvalue weighted by Crippen LogP contribution is 2.28. The second kappa shape index (κ2) is 9.12. The van der Waals surface area contributed by atoms with Crippen LogP contribution in [0.2, 0.25) is 0 Å². The first-order chi connectivity index (χ1) is 15.0. The van der Waals surface area contributed by atoms with Crippen LogP contribution in [0.4, 0.5) is 5.69 Å². The minimum atomic E-state index is -0.434. The molecule has 0 radical (unpaired) electrons. The summed E-state index contributed by atoms with van der Waals surface area (Å²) in [5.41, 5.74) is 2.21. The molecular weight excluding hydrogens is 414 g/mol. The Morgan fingerprint density at radius 3 is 2.81 bits per heavy atom. The number of benzene rings is 1. The van der Waals surface area contributed by atoms with Crippen LogP contribution in [0.1, 0.15) is 24.2 Å². The number of nitrogens with one attached hydrogen (secondary N) is 1. The number of carbonyl (C=O) groups excluding carboxylic acids is 2. The average Bonchev–Trinajstić information content (AvgIpc) is 3.25. The van der Waals surface area contributed by atoms with Crippen LogP contribution in [0, 0.1) is 11.3 Å². The summed E-state index contributed by atoms with van der Waals surface area (Å²) in [5.74, 6) is 0.498. The number of aromatic nitrogens is 1. The molecule has 2 saturated heterocycles. The Bertz CT molecular complexity index is 1030. The van der Waals surface area contributed by atoms with Crippen molar-refractivity contribution < 1.29 is 14.3 Å². The summed E-state index contributed by atoms with van der Waals surface area (Å²) in [7, 11) is 0. The summed E-state index contributed by atoms with van der Waals surface area (Å²) in [6, 6.07) is 9.73. The zero-order valence-corrected chi connectivity index (χ0v) is 18.4. The molecule has 2 amide bonds. The van der Waals surface area contributed by atoms with Gasteiger partial charge in [0.2, 0.25) is 5.91 Å². The van der Waals surface area contributed by atoms with E-state index >= 15 is 0 Å². The Hall–Kier alpha value is -2.83. The number of morpholine rings is 1. The van der Waals surface area contributed by atoms with E-state index in [9.17, 15) is 9.59 Å². The van der Waals surface area contributed by atoms with Gasteiger partial charge in [0.05, 0.1) is 42.8 Å². The van der Waals surface area contributed by atoms with Crippen molar-refractivity contribution in [2.24, 2.45) is 0 Å². The number of rotatable bonds is 4. The highest BCUT2D eigenvalue weighted by molar-refractivity contribution is 7.99. The molecule has 162 valence electrons. The molecular formula is C22H25N5O3S. The molecule has 2 fully saturated rings. The molecule has 0 spiro atoms. The molecule has 2 aromatic rings. The van der Waals surface area contributed by atoms with Gasteiger partial charge >= 0.3 is 0 Å². The number of nitrogens with zero attached hydrogens (tertiary/aromatic N) is 4. The minimum absolute atomic E-state index is 0.140. The maximum absolute atomic E-state index is 12.9. The molecule has 0 unspecified atom stereocenters. The summed E-state index contributed by atoms with van der Waals surface area (Å²) < 4.78 is 5.63. The summed E-state index contributed by atoms with van der Waals surface area (Å²) in [6.45, 7) is 5.41. The molecule has 2 aliphatic rings. The maximum Gasteiger partial charge on any atom is 0.252 e. The summed E-state index contributed by atoms with van der Waals surface area (Å²) in [5, 5.41) is 12.6. The molecule has 0 bridgehead atoms. The number of fused-ring (bicyclic) bond motifs is 1. The second-order valence-corrected chi connectivity index (χ2v) is 8.89. The molecule has 1 aromatic carbocycles. The predicted molar refractivity (Wildman–Crippen MR) is 120 cm³/mol. The molecule has 1 N–H and O–H groups in total. The Morgan fingerprint density at radius 1 is 1.29 bits per heavy atom. The molecule has 9 heteroatoms. The van der Waals surface area contributed by atoms with E-state index in [1.807, 2.05) is 18.2 Å². The van der Waals surface area contributed by atoms with Crippen molar-refractivity contribution in [1.82, 2.24) is 15.2 Å². The normalized spacial score (nSPS) is 23.6. The monoisotopic (exact) mass is 439 g/mol. The van der Waals surface area contributed by atoms with Crippen LogP contribution in [-0.2, 0) is 9.53 Å². The quantitative estimate of drug-likeness (QED) is 0.778. The molecule has 1 aromatic heterocycles. The van der Waals surface area contributed by atoms with Crippen molar-refractivity contribution in [1.29, 1.82) is 5.26 Å². The fourth-order valence-corrected chi connectivity index (χ4v) is 5.26. The van der Waals surface area contributed by atoms with Crippen molar-refractivity contribution >= 4 is 40.2 Å². The van der Waals surface area contributed by atoms with E-state index in [4.69, 9.17) is 10.00 Å². The number of hydrogen-bond donors (Lipinski definition) is 1. The van der Waals surface area contributed by atoms with Gasteiger partial charge in [0.25, 0.3) is 5.91 Å². The van der Waals surface area contributed by atoms with E-state index in [1.54, 1.807) is 12.3 Å². The third-order valence-electron chi connectivity index (χ3n) is 5.69. The lowest BCUT2D eigenvalue weighted by Gasteiger charge is -2.40. The van der Waals surface area contributed by atoms with Crippen molar-refractivity contribution in [3.63, 3.8) is 0 Å². The van der Waals surface area contributed by atoms with E-state index in [0.717, 1.165) is 16.6 Å². The summed E-state index contributed by atoms with van der Waals surface area (Å²) in [4.78, 5) is 33.6. The van der Waals surface area contributed by atoms with E-state index in [0.29, 0.717) is 30.4 Å². The Morgan fingerprint density at radius 2 is 2.06 bits per heavy atom. The highest BCUT2D eigenvalue weighted by Gasteiger charge is 2.29. The van der Waals surface area contributed by atoms with Gasteiger partial charge < -0.3 is 19.9 Å². The van der Waals surface area contributed by atoms with Crippen molar-refractivity contribution in [3.05, 3.63) is 36.0 Å². The Labute approximate surface area is 185 Å². The number of hydrogen-bond acceptors (Lipinski definition) is 7. The standard InChI is InChI=1S/C22H25N5O3S/c1-14-10-30-11-15(2)27(14)16-3-4-20-19(7-16)18(5-6-24-20)22(29)25-9-21(28)26-13-31-12-17(26)8-23/h3-7,14-15,17H,9-13H2,1-2H3,(H,25,29)/t14-,15-,17-/m1/s1. The topological polar surface area (TPSA) is 98.6 Å². The lowest BCUT2D eigenvalue weighted by Crippen LogP contribution is -2.49. The first-order valence-corrected chi connectivity index (χ1v) is 11.4. The van der Waals surface area contributed by atoms with Gasteiger partial charge in [0.15, 0.2) is 0 Å². The fourth-order valence-electron chi connectivity index (χ4n) is 4.15. The van der Waals surface area contributed by atoms with Gasteiger partial charge in [-0.25, -0.2) is 0 Å². The van der Waals surface area contributed by atoms with E-state index in [1.165, 1.54) is 16.7 Å². The van der Waals surface area contributed by atoms with Gasteiger partial charge in [-0.3, -0.25) is 14.6 Å². The molecule has 4 rings (SSSR count). The number of pyridine rings is 1. The number of nitriles is 1. The zero-order chi connectivity index (χ0) is 22.0. The van der Waals surface area contributed by atoms with Crippen molar-refractivity contribution in [3.8, 4) is 6.07 Å². The zero-order valence-electron chi connectivity index (χ0n) is 17.6. The summed E-state index contributed by atoms with van der Waals surface area (Å²) >= 11 is 1.54. The largest absolute Gasteiger partial charge is 0.377 e. The van der Waals surface area contributed by atoms with E-state index in [2.05, 4.69) is 35.1 Å². The highest BCUT2D eigenvalue weighted by atomic mass is 32.2. The van der Waals surface area contributed by atoms with Gasteiger partial charge in [-0.1, -0.05) is 0 Å². The van der Waals surface area contributed by atoms with Crippen molar-refractivity contribution in [2.45, 2.75) is 32.0 Å². The number of ether oxygens (including phenoxy) is 1. The van der Waals surface area contributed by atoms with Crippen LogP contribution in [0.15, 0.2) is 30.5 Å². The SMILES string of the molecule is C[C@@H]1COC[C@@H](C)N1c1ccc2nccc(C(=O)NCC(=O)N3CSC[C@H]3C#N)c2c1. The number of carbonyl (C=O) groups is 2. The molecule has 2 aliphatic heterocycles. The van der Waals surface area contributed by atoms with Crippen LogP contribution in [-0.4, -0.2) is 71.2 Å². The average molecular weight is 440 g/mol. The van der Waals surface area contributed by atoms with Gasteiger partial charge in [0, 0.05) is 35.1 Å². The lowest BCUT2D eigenvalue weighted by atomic mass is 10.0. The molecule has 3 heterocycles. The Kier molecular flexibility index (Phi) is 6.30. The minimum Gasteiger partial charge on any atom is -0.377 e. The Balaban J connectivity index is 1.55. The number of thioether (sulfide) groups is 1. The van der Waals surface area contributed by atoms with Gasteiger partial charge in [0.1, 0.15) is 6.04 Å². The fraction of sp³-hybridized carbons (Fsp3) is 0.455. The first-order valence-electron chi connectivity index (χ1n) is 10.3. The molecule has 0 aliphatic carbocycles. The molecule has 8 nitrogen and oxygen atoms in total. The van der Waals surface area contributed by atoms with Crippen molar-refractivity contribution in [2.75, 3.05) is 36.3 Å². The van der Waals surface area contributed by atoms with Crippen LogP contribution >= 0.6 is 11.8 Å². The predicted octanol–water partition coefficient (Wildman–Crippen LogP) is 2.00. The third kappa shape index (κ3) is 4.31. The van der Waals surface area contributed by atoms with Gasteiger partial charge in [-0.2, -0.15) is 5.26 Å². The van der Waals surface area contributed by atoms with Gasteiger partial charge in [-0.15, -0.1) is 11.8 Å². The molecule has 3 atom stereocenters. The molecule has 0 saturated carbocycles. The third-order valence-corrected chi connectivity index (χ3v) is 6.70. The van der Waals surface area contributed by atoms with Crippen LogP contribution in [0.3, 0.4) is 0 Å². The smallest absolute Gasteiger partial charge is 0.252 e. The second-order valence-electron chi connectivity index (χ2n) is 7.89. The van der Waals surface area contributed by atoms with E-state index in [-0.39, 0.29) is 30.4 Å². The molecule has 31 heavy (non-hydrogen) atoms. The van der Waals surface area contributed by atoms with Gasteiger partial charge in [-0.05, 0) is 38.1 Å².